The average Bonchev–Trinajstić information content (AvgIpc) is 2.82. The Bertz CT molecular complexity index is 258. The van der Waals surface area contributed by atoms with Gasteiger partial charge in [0, 0.05) is 18.8 Å². The lowest BCUT2D eigenvalue weighted by atomic mass is 10.3. The van der Waals surface area contributed by atoms with Crippen LogP contribution in [-0.4, -0.2) is 16.9 Å². The zero-order valence-electron chi connectivity index (χ0n) is 7.22. The van der Waals surface area contributed by atoms with Gasteiger partial charge < -0.3 is 5.73 Å². The van der Waals surface area contributed by atoms with Crippen LogP contribution in [0.4, 0.5) is 0 Å². The molecule has 0 heterocycles. The van der Waals surface area contributed by atoms with E-state index >= 15 is 0 Å². The van der Waals surface area contributed by atoms with Gasteiger partial charge in [0.05, 0.1) is 5.17 Å². The fourth-order valence-corrected chi connectivity index (χ4v) is 0.951. The summed E-state index contributed by atoms with van der Waals surface area (Å²) in [6.45, 7) is 0. The highest BCUT2D eigenvalue weighted by Gasteiger charge is 2.29. The summed E-state index contributed by atoms with van der Waals surface area (Å²) in [4.78, 5) is 14.8. The second kappa shape index (κ2) is 4.37. The lowest BCUT2D eigenvalue weighted by Gasteiger charge is -1.97. The first kappa shape index (κ1) is 10.2. The molecule has 72 valence electrons. The predicted molar refractivity (Wildman–Crippen MR) is 52.2 cm³/mol. The van der Waals surface area contributed by atoms with Gasteiger partial charge in [-0.05, 0) is 12.8 Å². The zero-order chi connectivity index (χ0) is 9.84. The third kappa shape index (κ3) is 4.03. The van der Waals surface area contributed by atoms with Crippen LogP contribution < -0.4 is 5.73 Å². The van der Waals surface area contributed by atoms with E-state index in [0.29, 0.717) is 12.8 Å². The van der Waals surface area contributed by atoms with Crippen LogP contribution in [0, 0.1) is 11.3 Å². The summed E-state index contributed by atoms with van der Waals surface area (Å²) in [6.07, 6.45) is 2.61. The minimum atomic E-state index is -0.126. The number of carbonyl (C=O) groups excluding carboxylic acids is 1. The van der Waals surface area contributed by atoms with Gasteiger partial charge in [-0.15, -0.1) is 0 Å². The number of aliphatic imine (C=N–C) groups is 1. The van der Waals surface area contributed by atoms with Crippen LogP contribution in [-0.2, 0) is 4.79 Å². The minimum absolute atomic E-state index is 0.0389. The lowest BCUT2D eigenvalue weighted by Crippen LogP contribution is -2.15. The number of amidine groups is 1. The first-order chi connectivity index (χ1) is 6.09. The van der Waals surface area contributed by atoms with Gasteiger partial charge in [0.2, 0.25) is 5.91 Å². The molecule has 4 nitrogen and oxygen atoms in total. The summed E-state index contributed by atoms with van der Waals surface area (Å²) in [5.74, 6) is 0.259. The molecule has 0 radical (unpaired) electrons. The molecule has 1 rings (SSSR count). The average molecular weight is 202 g/mol. The van der Waals surface area contributed by atoms with Crippen LogP contribution in [0.3, 0.4) is 0 Å². The molecule has 0 bridgehead atoms. The van der Waals surface area contributed by atoms with Crippen molar-refractivity contribution < 1.29 is 4.79 Å². The van der Waals surface area contributed by atoms with E-state index in [1.54, 1.807) is 0 Å². The van der Waals surface area contributed by atoms with Crippen molar-refractivity contribution in [3.8, 4) is 0 Å². The van der Waals surface area contributed by atoms with E-state index in [2.05, 4.69) is 4.99 Å². The molecule has 0 unspecified atom stereocenters. The van der Waals surface area contributed by atoms with Gasteiger partial charge in [-0.25, -0.2) is 4.99 Å². The van der Waals surface area contributed by atoms with Gasteiger partial charge in [-0.1, -0.05) is 11.6 Å². The van der Waals surface area contributed by atoms with Gasteiger partial charge in [0.1, 0.15) is 5.84 Å². The van der Waals surface area contributed by atoms with Crippen LogP contribution in [0.15, 0.2) is 4.99 Å². The Morgan fingerprint density at radius 3 is 2.62 bits per heavy atom. The fraction of sp³-hybridized carbons (Fsp3) is 0.625. The van der Waals surface area contributed by atoms with Gasteiger partial charge in [-0.3, -0.25) is 10.2 Å². The molecular formula is C8H12ClN3O. The number of carbonyl (C=O) groups is 1. The Kier molecular flexibility index (Phi) is 3.42. The second-order valence-electron chi connectivity index (χ2n) is 3.12. The monoisotopic (exact) mass is 201 g/mol. The number of nitrogens with zero attached hydrogens (tertiary/aromatic N) is 1. The topological polar surface area (TPSA) is 79.3 Å². The quantitative estimate of drug-likeness (QED) is 0.531. The molecule has 0 atom stereocenters. The van der Waals surface area contributed by atoms with Crippen molar-refractivity contribution in [1.82, 2.24) is 0 Å². The van der Waals surface area contributed by atoms with E-state index < -0.39 is 0 Å². The Balaban J connectivity index is 2.31. The summed E-state index contributed by atoms with van der Waals surface area (Å²) in [5.41, 5.74) is 5.46. The normalized spacial score (nSPS) is 17.2. The maximum atomic E-state index is 11.1. The third-order valence-electron chi connectivity index (χ3n) is 1.78. The molecule has 0 aromatic carbocycles. The van der Waals surface area contributed by atoms with E-state index in [1.807, 2.05) is 0 Å². The van der Waals surface area contributed by atoms with Crippen LogP contribution >= 0.6 is 11.6 Å². The smallest absolute Gasteiger partial charge is 0.250 e. The van der Waals surface area contributed by atoms with Gasteiger partial charge in [0.25, 0.3) is 0 Å². The number of hydrogen-bond acceptors (Lipinski definition) is 2. The molecule has 5 heteroatoms. The van der Waals surface area contributed by atoms with Crippen LogP contribution in [0.25, 0.3) is 0 Å². The van der Waals surface area contributed by atoms with Crippen molar-refractivity contribution in [1.29, 1.82) is 5.41 Å². The van der Waals surface area contributed by atoms with E-state index in [4.69, 9.17) is 22.7 Å². The van der Waals surface area contributed by atoms with Crippen molar-refractivity contribution in [3.05, 3.63) is 0 Å². The SMILES string of the molecule is N=C(Cl)CCC(N)=NC(=O)C1CC1. The highest BCUT2D eigenvalue weighted by atomic mass is 35.5. The maximum Gasteiger partial charge on any atom is 0.250 e. The van der Waals surface area contributed by atoms with Crippen molar-refractivity contribution in [3.63, 3.8) is 0 Å². The second-order valence-corrected chi connectivity index (χ2v) is 3.58. The number of amides is 1. The maximum absolute atomic E-state index is 11.1. The molecular weight excluding hydrogens is 190 g/mol. The molecule has 1 aliphatic rings. The van der Waals surface area contributed by atoms with E-state index in [0.717, 1.165) is 12.8 Å². The third-order valence-corrected chi connectivity index (χ3v) is 1.97. The number of nitrogens with one attached hydrogen (secondary N) is 1. The Morgan fingerprint density at radius 2 is 2.15 bits per heavy atom. The largest absolute Gasteiger partial charge is 0.387 e. The standard InChI is InChI=1S/C8H12ClN3O/c9-6(10)3-4-7(11)12-8(13)5-1-2-5/h5,10H,1-4H2,(H2,11,12,13). The highest BCUT2D eigenvalue weighted by molar-refractivity contribution is 6.64. The summed E-state index contributed by atoms with van der Waals surface area (Å²) in [7, 11) is 0. The first-order valence-electron chi connectivity index (χ1n) is 4.19. The van der Waals surface area contributed by atoms with Crippen LogP contribution in [0.2, 0.25) is 0 Å². The van der Waals surface area contributed by atoms with E-state index in [1.165, 1.54) is 0 Å². The summed E-state index contributed by atoms with van der Waals surface area (Å²) in [5, 5.41) is 6.98. The molecule has 3 N–H and O–H groups in total. The van der Waals surface area contributed by atoms with Crippen LogP contribution in [0.1, 0.15) is 25.7 Å². The lowest BCUT2D eigenvalue weighted by molar-refractivity contribution is -0.118. The molecule has 1 amide bonds. The number of hydrogen-bond donors (Lipinski definition) is 2. The van der Waals surface area contributed by atoms with Gasteiger partial charge in [-0.2, -0.15) is 0 Å². The molecule has 0 aliphatic heterocycles. The highest BCUT2D eigenvalue weighted by Crippen LogP contribution is 2.30. The van der Waals surface area contributed by atoms with Gasteiger partial charge >= 0.3 is 0 Å². The van der Waals surface area contributed by atoms with E-state index in [9.17, 15) is 4.79 Å². The van der Waals surface area contributed by atoms with Crippen LogP contribution in [0.5, 0.6) is 0 Å². The van der Waals surface area contributed by atoms with E-state index in [-0.39, 0.29) is 22.8 Å². The van der Waals surface area contributed by atoms with Crippen molar-refractivity contribution >= 4 is 28.5 Å². The van der Waals surface area contributed by atoms with Crippen molar-refractivity contribution in [2.75, 3.05) is 0 Å². The Morgan fingerprint density at radius 1 is 1.54 bits per heavy atom. The minimum Gasteiger partial charge on any atom is -0.387 e. The molecule has 0 aromatic heterocycles. The number of halogens is 1. The molecule has 13 heavy (non-hydrogen) atoms. The Hall–Kier alpha value is -0.900. The molecule has 0 spiro atoms. The fourth-order valence-electron chi connectivity index (χ4n) is 0.857. The molecule has 0 aromatic rings. The molecule has 0 saturated heterocycles. The summed E-state index contributed by atoms with van der Waals surface area (Å²) in [6, 6.07) is 0. The first-order valence-corrected chi connectivity index (χ1v) is 4.57. The summed E-state index contributed by atoms with van der Waals surface area (Å²) >= 11 is 5.32. The summed E-state index contributed by atoms with van der Waals surface area (Å²) < 4.78 is 0. The molecule has 1 aliphatic carbocycles. The van der Waals surface area contributed by atoms with Crippen molar-refractivity contribution in [2.24, 2.45) is 16.6 Å². The predicted octanol–water partition coefficient (Wildman–Crippen LogP) is 1.28. The van der Waals surface area contributed by atoms with Gasteiger partial charge in [0.15, 0.2) is 0 Å². The Labute approximate surface area is 81.7 Å². The number of nitrogens with two attached hydrogens (primary N) is 1. The zero-order valence-corrected chi connectivity index (χ0v) is 7.97. The molecule has 1 fully saturated rings. The number of rotatable bonds is 4. The van der Waals surface area contributed by atoms with Crippen molar-refractivity contribution in [2.45, 2.75) is 25.7 Å². The molecule has 1 saturated carbocycles.